The minimum Gasteiger partial charge on any atom is -0.508 e. The third-order valence-electron chi connectivity index (χ3n) is 6.11. The van der Waals surface area contributed by atoms with Crippen LogP contribution in [-0.4, -0.2) is 30.5 Å². The van der Waals surface area contributed by atoms with Crippen molar-refractivity contribution in [2.24, 2.45) is 5.92 Å². The van der Waals surface area contributed by atoms with Crippen LogP contribution >= 0.6 is 0 Å². The van der Waals surface area contributed by atoms with Gasteiger partial charge in [-0.2, -0.15) is 0 Å². The van der Waals surface area contributed by atoms with Crippen LogP contribution in [0.3, 0.4) is 0 Å². The van der Waals surface area contributed by atoms with Gasteiger partial charge in [-0.05, 0) is 77.4 Å². The minimum atomic E-state index is -3.36. The molecular formula is C24H23NO4S. The predicted octanol–water partition coefficient (Wildman–Crippen LogP) is 3.87. The zero-order valence-electron chi connectivity index (χ0n) is 16.6. The highest BCUT2D eigenvalue weighted by atomic mass is 32.2. The molecule has 0 bridgehead atoms. The summed E-state index contributed by atoms with van der Waals surface area (Å²) in [5, 5.41) is 20.6. The fraction of sp³-hybridized carbons (Fsp3) is 0.250. The van der Waals surface area contributed by atoms with E-state index in [0.29, 0.717) is 5.69 Å². The summed E-state index contributed by atoms with van der Waals surface area (Å²) >= 11 is 0. The van der Waals surface area contributed by atoms with Gasteiger partial charge in [0, 0.05) is 11.6 Å². The molecule has 0 heterocycles. The summed E-state index contributed by atoms with van der Waals surface area (Å²) in [6.07, 6.45) is 9.51. The van der Waals surface area contributed by atoms with Gasteiger partial charge in [-0.25, -0.2) is 8.42 Å². The van der Waals surface area contributed by atoms with Crippen LogP contribution in [0.25, 0.3) is 11.6 Å². The first kappa shape index (κ1) is 19.2. The van der Waals surface area contributed by atoms with Crippen LogP contribution in [0.2, 0.25) is 0 Å². The molecule has 6 heteroatoms. The summed E-state index contributed by atoms with van der Waals surface area (Å²) in [4.78, 5) is 0. The van der Waals surface area contributed by atoms with Gasteiger partial charge < -0.3 is 10.2 Å². The Bertz CT molecular complexity index is 1260. The van der Waals surface area contributed by atoms with Crippen LogP contribution in [0.4, 0.5) is 5.69 Å². The molecule has 3 aliphatic carbocycles. The maximum atomic E-state index is 11.6. The van der Waals surface area contributed by atoms with Crippen molar-refractivity contribution in [2.75, 3.05) is 11.0 Å². The molecule has 2 atom stereocenters. The molecule has 5 nitrogen and oxygen atoms in total. The highest BCUT2D eigenvalue weighted by Crippen LogP contribution is 2.56. The number of aliphatic hydroxyl groups is 1. The first-order chi connectivity index (χ1) is 14.2. The molecule has 0 aromatic heterocycles. The number of hydrogen-bond donors (Lipinski definition) is 3. The van der Waals surface area contributed by atoms with E-state index in [-0.39, 0.29) is 11.7 Å². The number of phenolic OH excluding ortho intramolecular Hbond substituents is 1. The Labute approximate surface area is 176 Å². The zero-order chi connectivity index (χ0) is 21.1. The lowest BCUT2D eigenvalue weighted by Gasteiger charge is -2.19. The van der Waals surface area contributed by atoms with E-state index in [0.717, 1.165) is 53.4 Å². The Kier molecular flexibility index (Phi) is 4.21. The molecule has 2 aromatic rings. The van der Waals surface area contributed by atoms with E-state index >= 15 is 0 Å². The Morgan fingerprint density at radius 1 is 1.17 bits per heavy atom. The van der Waals surface area contributed by atoms with Crippen molar-refractivity contribution >= 4 is 27.4 Å². The highest BCUT2D eigenvalue weighted by molar-refractivity contribution is 7.92. The number of hydrogen-bond acceptors (Lipinski definition) is 4. The number of nitrogens with one attached hydrogen (secondary N) is 1. The lowest BCUT2D eigenvalue weighted by atomic mass is 9.87. The van der Waals surface area contributed by atoms with E-state index in [4.69, 9.17) is 0 Å². The highest BCUT2D eigenvalue weighted by Gasteiger charge is 2.55. The van der Waals surface area contributed by atoms with Crippen LogP contribution in [0.5, 0.6) is 5.75 Å². The van der Waals surface area contributed by atoms with Crippen LogP contribution in [-0.2, 0) is 16.4 Å². The topological polar surface area (TPSA) is 86.6 Å². The zero-order valence-corrected chi connectivity index (χ0v) is 17.4. The van der Waals surface area contributed by atoms with Crippen molar-refractivity contribution in [3.8, 4) is 5.75 Å². The van der Waals surface area contributed by atoms with E-state index in [2.05, 4.69) is 10.8 Å². The van der Waals surface area contributed by atoms with Crippen LogP contribution in [0.15, 0.2) is 65.8 Å². The van der Waals surface area contributed by atoms with Crippen molar-refractivity contribution in [2.45, 2.75) is 24.9 Å². The third-order valence-corrected chi connectivity index (χ3v) is 6.72. The second-order valence-corrected chi connectivity index (χ2v) is 10.2. The Morgan fingerprint density at radius 2 is 2.00 bits per heavy atom. The van der Waals surface area contributed by atoms with E-state index in [9.17, 15) is 18.6 Å². The Balaban J connectivity index is 1.66. The molecule has 154 valence electrons. The van der Waals surface area contributed by atoms with Crippen LogP contribution in [0, 0.1) is 5.92 Å². The van der Waals surface area contributed by atoms with E-state index in [1.165, 1.54) is 5.57 Å². The minimum absolute atomic E-state index is 0.155. The lowest BCUT2D eigenvalue weighted by molar-refractivity contribution is 0.186. The molecular weight excluding hydrogens is 398 g/mol. The maximum Gasteiger partial charge on any atom is 0.229 e. The van der Waals surface area contributed by atoms with E-state index in [1.54, 1.807) is 18.2 Å². The second kappa shape index (κ2) is 6.59. The molecule has 1 fully saturated rings. The summed E-state index contributed by atoms with van der Waals surface area (Å²) < 4.78 is 25.7. The SMILES string of the molecule is CS(=O)(=O)Nc1cccc(/C=C2\C3=C(CCc4cc(O)ccc42)C2CC2(O)C=C3)c1. The summed E-state index contributed by atoms with van der Waals surface area (Å²) in [6.45, 7) is 0. The molecule has 5 rings (SSSR count). The molecule has 0 radical (unpaired) electrons. The van der Waals surface area contributed by atoms with Crippen molar-refractivity contribution in [1.29, 1.82) is 0 Å². The number of allylic oxidation sites excluding steroid dienone is 3. The van der Waals surface area contributed by atoms with Gasteiger partial charge in [0.15, 0.2) is 0 Å². The van der Waals surface area contributed by atoms with Gasteiger partial charge in [-0.3, -0.25) is 4.72 Å². The molecule has 30 heavy (non-hydrogen) atoms. The molecule has 0 amide bonds. The van der Waals surface area contributed by atoms with Crippen molar-refractivity contribution < 1.29 is 18.6 Å². The van der Waals surface area contributed by atoms with Crippen molar-refractivity contribution in [3.05, 3.63) is 82.5 Å². The smallest absolute Gasteiger partial charge is 0.229 e. The lowest BCUT2D eigenvalue weighted by Crippen LogP contribution is -2.13. The van der Waals surface area contributed by atoms with Gasteiger partial charge in [0.1, 0.15) is 5.75 Å². The van der Waals surface area contributed by atoms with Gasteiger partial charge in [-0.15, -0.1) is 0 Å². The molecule has 3 aliphatic rings. The number of benzene rings is 2. The maximum absolute atomic E-state index is 11.6. The number of aromatic hydroxyl groups is 1. The van der Waals surface area contributed by atoms with Gasteiger partial charge in [0.2, 0.25) is 10.0 Å². The van der Waals surface area contributed by atoms with E-state index in [1.807, 2.05) is 36.4 Å². The van der Waals surface area contributed by atoms with Crippen molar-refractivity contribution in [3.63, 3.8) is 0 Å². The molecule has 1 saturated carbocycles. The summed E-state index contributed by atoms with van der Waals surface area (Å²) in [5.41, 5.74) is 6.20. The van der Waals surface area contributed by atoms with Gasteiger partial charge >= 0.3 is 0 Å². The number of phenols is 1. The quantitative estimate of drug-likeness (QED) is 0.702. The standard InChI is InChI=1S/C24H23NO4S/c1-30(28,29)25-17-4-2-3-15(11-17)12-22-19-8-6-18(26)13-16(19)5-7-21-20(22)9-10-24(27)14-23(21)24/h2-4,6,8-13,23,25-27H,5,7,14H2,1H3/b22-12-. The third kappa shape index (κ3) is 3.46. The number of sulfonamides is 1. The van der Waals surface area contributed by atoms with Gasteiger partial charge in [0.05, 0.1) is 11.9 Å². The number of aryl methyl sites for hydroxylation is 1. The monoisotopic (exact) mass is 421 g/mol. The summed E-state index contributed by atoms with van der Waals surface area (Å²) in [6, 6.07) is 12.7. The fourth-order valence-electron chi connectivity index (χ4n) is 4.66. The first-order valence-electron chi connectivity index (χ1n) is 9.99. The molecule has 0 saturated heterocycles. The average Bonchev–Trinajstić information content (AvgIpc) is 3.37. The largest absolute Gasteiger partial charge is 0.508 e. The molecule has 2 aromatic carbocycles. The number of fused-ring (bicyclic) bond motifs is 3. The molecule has 0 aliphatic heterocycles. The Morgan fingerprint density at radius 3 is 2.80 bits per heavy atom. The van der Waals surface area contributed by atoms with E-state index < -0.39 is 15.6 Å². The van der Waals surface area contributed by atoms with Crippen LogP contribution in [0.1, 0.15) is 29.5 Å². The second-order valence-electron chi connectivity index (χ2n) is 8.42. The number of rotatable bonds is 3. The normalized spacial score (nSPS) is 25.9. The average molecular weight is 422 g/mol. The summed E-state index contributed by atoms with van der Waals surface area (Å²) in [5.74, 6) is 0.396. The first-order valence-corrected chi connectivity index (χ1v) is 11.9. The molecule has 3 N–H and O–H groups in total. The predicted molar refractivity (Wildman–Crippen MR) is 118 cm³/mol. The molecule has 2 unspecified atom stereocenters. The molecule has 0 spiro atoms. The fourth-order valence-corrected chi connectivity index (χ4v) is 5.22. The van der Waals surface area contributed by atoms with Crippen LogP contribution < -0.4 is 4.72 Å². The number of anilines is 1. The van der Waals surface area contributed by atoms with Gasteiger partial charge in [-0.1, -0.05) is 35.9 Å². The van der Waals surface area contributed by atoms with Crippen molar-refractivity contribution in [1.82, 2.24) is 0 Å². The van der Waals surface area contributed by atoms with Gasteiger partial charge in [0.25, 0.3) is 0 Å². The Hall–Kier alpha value is -2.83. The summed E-state index contributed by atoms with van der Waals surface area (Å²) in [7, 11) is -3.36.